The summed E-state index contributed by atoms with van der Waals surface area (Å²) in [6.45, 7) is 0. The molecule has 0 radical (unpaired) electrons. The zero-order valence-corrected chi connectivity index (χ0v) is 13.1. The summed E-state index contributed by atoms with van der Waals surface area (Å²) in [5.41, 5.74) is 1.89. The van der Waals surface area contributed by atoms with Crippen LogP contribution in [-0.4, -0.2) is 27.9 Å². The quantitative estimate of drug-likeness (QED) is 0.453. The molecule has 2 aromatic rings. The second kappa shape index (κ2) is 5.95. The average molecular weight is 396 g/mol. The van der Waals surface area contributed by atoms with Crippen LogP contribution in [0.3, 0.4) is 0 Å². The Morgan fingerprint density at radius 3 is 2.94 bits per heavy atom. The lowest BCUT2D eigenvalue weighted by molar-refractivity contribution is 0.111. The number of aromatic nitrogens is 3. The predicted octanol–water partition coefficient (Wildman–Crippen LogP) is 3.21. The van der Waals surface area contributed by atoms with Gasteiger partial charge in [0.15, 0.2) is 6.29 Å². The van der Waals surface area contributed by atoms with Crippen molar-refractivity contribution in [2.45, 2.75) is 0 Å². The van der Waals surface area contributed by atoms with E-state index in [0.29, 0.717) is 29.3 Å². The van der Waals surface area contributed by atoms with Crippen molar-refractivity contribution in [3.05, 3.63) is 29.0 Å². The Kier molecular flexibility index (Phi) is 4.53. The van der Waals surface area contributed by atoms with Crippen LogP contribution in [0.15, 0.2) is 18.3 Å². The molecule has 94 valence electrons. The molecule has 0 bridgehead atoms. The third-order valence-corrected chi connectivity index (χ3v) is 4.42. The molecule has 0 aliphatic rings. The smallest absolute Gasteiger partial charge is 0.213 e. The van der Waals surface area contributed by atoms with E-state index in [9.17, 15) is 4.79 Å². The SMILES string of the molecule is COc1cc(-c2cc(C=O)nn2PI)c(Cl)cn1. The van der Waals surface area contributed by atoms with Crippen molar-refractivity contribution in [3.63, 3.8) is 0 Å². The Balaban J connectivity index is 2.59. The summed E-state index contributed by atoms with van der Waals surface area (Å²) in [6, 6.07) is 3.42. The van der Waals surface area contributed by atoms with Crippen molar-refractivity contribution < 1.29 is 9.53 Å². The van der Waals surface area contributed by atoms with Gasteiger partial charge in [-0.05, 0) is 28.1 Å². The monoisotopic (exact) mass is 395 g/mol. The van der Waals surface area contributed by atoms with Crippen LogP contribution in [0.4, 0.5) is 0 Å². The van der Waals surface area contributed by atoms with Gasteiger partial charge in [-0.1, -0.05) is 11.6 Å². The van der Waals surface area contributed by atoms with Crippen LogP contribution in [0.2, 0.25) is 5.02 Å². The largest absolute Gasteiger partial charge is 0.481 e. The molecule has 0 aliphatic carbocycles. The molecule has 0 spiro atoms. The van der Waals surface area contributed by atoms with Crippen LogP contribution < -0.4 is 4.74 Å². The van der Waals surface area contributed by atoms with E-state index in [1.807, 2.05) is 0 Å². The molecule has 18 heavy (non-hydrogen) atoms. The van der Waals surface area contributed by atoms with Crippen LogP contribution in [0.25, 0.3) is 11.3 Å². The predicted molar refractivity (Wildman–Crippen MR) is 80.1 cm³/mol. The Morgan fingerprint density at radius 1 is 1.56 bits per heavy atom. The third kappa shape index (κ3) is 2.65. The number of aldehydes is 1. The summed E-state index contributed by atoms with van der Waals surface area (Å²) < 4.78 is 6.80. The van der Waals surface area contributed by atoms with Gasteiger partial charge in [0.05, 0.1) is 30.4 Å². The van der Waals surface area contributed by atoms with Crippen molar-refractivity contribution in [1.29, 1.82) is 0 Å². The number of halogens is 2. The van der Waals surface area contributed by atoms with E-state index < -0.39 is 0 Å². The van der Waals surface area contributed by atoms with Gasteiger partial charge < -0.3 is 4.74 Å². The van der Waals surface area contributed by atoms with Crippen LogP contribution in [0.1, 0.15) is 10.5 Å². The normalized spacial score (nSPS) is 11.1. The highest BCUT2D eigenvalue weighted by atomic mass is 127. The number of ether oxygens (including phenoxy) is 1. The third-order valence-electron chi connectivity index (χ3n) is 2.24. The number of rotatable bonds is 4. The van der Waals surface area contributed by atoms with Crippen molar-refractivity contribution in [3.8, 4) is 17.1 Å². The van der Waals surface area contributed by atoms with Gasteiger partial charge in [-0.3, -0.25) is 4.79 Å². The van der Waals surface area contributed by atoms with E-state index in [2.05, 4.69) is 32.1 Å². The molecule has 8 heteroatoms. The highest BCUT2D eigenvalue weighted by Crippen LogP contribution is 2.35. The van der Waals surface area contributed by atoms with E-state index in [1.54, 1.807) is 16.6 Å². The number of methoxy groups -OCH3 is 1. The van der Waals surface area contributed by atoms with Gasteiger partial charge in [0.25, 0.3) is 0 Å². The molecular weight excluding hydrogens is 387 g/mol. The minimum Gasteiger partial charge on any atom is -0.481 e. The summed E-state index contributed by atoms with van der Waals surface area (Å²) in [7, 11) is 1.54. The van der Waals surface area contributed by atoms with Gasteiger partial charge in [-0.2, -0.15) is 5.10 Å². The number of nitrogens with zero attached hydrogens (tertiary/aromatic N) is 3. The summed E-state index contributed by atoms with van der Waals surface area (Å²) in [5, 5.41) is 4.64. The molecule has 1 atom stereocenters. The maximum absolute atomic E-state index is 10.8. The molecule has 2 heterocycles. The number of carbonyl (C=O) groups is 1. The Labute approximate surface area is 123 Å². The van der Waals surface area contributed by atoms with Crippen LogP contribution in [-0.2, 0) is 0 Å². The molecular formula is C10H8ClIN3O2P. The summed E-state index contributed by atoms with van der Waals surface area (Å²) in [5.74, 6) is 0.464. The highest BCUT2D eigenvalue weighted by Gasteiger charge is 2.13. The first-order valence-corrected chi connectivity index (χ1v) is 9.25. The van der Waals surface area contributed by atoms with Crippen molar-refractivity contribution >= 4 is 46.3 Å². The number of carbonyl (C=O) groups excluding carboxylic acids is 1. The number of hydrogen-bond donors (Lipinski definition) is 0. The zero-order valence-electron chi connectivity index (χ0n) is 9.22. The van der Waals surface area contributed by atoms with Gasteiger partial charge in [-0.15, -0.1) is 0 Å². The molecule has 0 fully saturated rings. The average Bonchev–Trinajstić information content (AvgIpc) is 2.82. The van der Waals surface area contributed by atoms with Crippen LogP contribution in [0, 0.1) is 0 Å². The van der Waals surface area contributed by atoms with Crippen LogP contribution in [0.5, 0.6) is 5.88 Å². The van der Waals surface area contributed by atoms with Crippen molar-refractivity contribution in [2.24, 2.45) is 0 Å². The van der Waals surface area contributed by atoms with E-state index in [4.69, 9.17) is 16.3 Å². The highest BCUT2D eigenvalue weighted by molar-refractivity contribution is 14.2. The first-order chi connectivity index (χ1) is 8.69. The Hall–Kier alpha value is -0.720. The standard InChI is InChI=1S/C10H8ClIN3O2P/c1-17-10-3-7(8(11)4-13-10)9-2-6(5-16)14-15(9)18-12/h2-5,18H,1H3. The van der Waals surface area contributed by atoms with Gasteiger partial charge in [0, 0.05) is 11.6 Å². The van der Waals surface area contributed by atoms with E-state index >= 15 is 0 Å². The summed E-state index contributed by atoms with van der Waals surface area (Å²) in [4.78, 5) is 14.8. The minimum absolute atomic E-state index is 0.369. The molecule has 0 amide bonds. The lowest BCUT2D eigenvalue weighted by atomic mass is 10.2. The summed E-state index contributed by atoms with van der Waals surface area (Å²) >= 11 is 8.31. The lowest BCUT2D eigenvalue weighted by Crippen LogP contribution is -1.92. The van der Waals surface area contributed by atoms with E-state index in [0.717, 1.165) is 11.3 Å². The van der Waals surface area contributed by atoms with E-state index in [1.165, 1.54) is 13.3 Å². The Morgan fingerprint density at radius 2 is 2.33 bits per heavy atom. The molecule has 0 saturated heterocycles. The van der Waals surface area contributed by atoms with Gasteiger partial charge in [-0.25, -0.2) is 9.44 Å². The molecule has 0 aliphatic heterocycles. The number of hydrogen-bond acceptors (Lipinski definition) is 4. The van der Waals surface area contributed by atoms with Gasteiger partial charge >= 0.3 is 0 Å². The molecule has 2 rings (SSSR count). The molecule has 0 aromatic carbocycles. The number of pyridine rings is 1. The van der Waals surface area contributed by atoms with Crippen LogP contribution >= 0.6 is 40.0 Å². The molecule has 2 aromatic heterocycles. The second-order valence-corrected chi connectivity index (χ2v) is 5.72. The Bertz CT molecular complexity index is 590. The summed E-state index contributed by atoms with van der Waals surface area (Å²) in [6.07, 6.45) is 2.60. The topological polar surface area (TPSA) is 57.0 Å². The zero-order chi connectivity index (χ0) is 13.1. The molecule has 5 nitrogen and oxygen atoms in total. The maximum atomic E-state index is 10.8. The molecule has 1 unspecified atom stereocenters. The lowest BCUT2D eigenvalue weighted by Gasteiger charge is -2.07. The fraction of sp³-hybridized carbons (Fsp3) is 0.100. The van der Waals surface area contributed by atoms with Crippen molar-refractivity contribution in [2.75, 3.05) is 7.11 Å². The fourth-order valence-corrected chi connectivity index (χ4v) is 3.17. The second-order valence-electron chi connectivity index (χ2n) is 3.28. The molecule has 0 N–H and O–H groups in total. The fourth-order valence-electron chi connectivity index (χ4n) is 1.44. The van der Waals surface area contributed by atoms with E-state index in [-0.39, 0.29) is 0 Å². The first kappa shape index (κ1) is 13.7. The molecule has 0 saturated carbocycles. The van der Waals surface area contributed by atoms with Gasteiger partial charge in [0.2, 0.25) is 5.88 Å². The first-order valence-electron chi connectivity index (χ1n) is 4.81. The van der Waals surface area contributed by atoms with Crippen molar-refractivity contribution in [1.82, 2.24) is 14.5 Å². The van der Waals surface area contributed by atoms with Gasteiger partial charge in [0.1, 0.15) is 5.69 Å². The minimum atomic E-state index is 0.369. The maximum Gasteiger partial charge on any atom is 0.213 e.